The summed E-state index contributed by atoms with van der Waals surface area (Å²) in [7, 11) is 1.60. The Labute approximate surface area is 271 Å². The summed E-state index contributed by atoms with van der Waals surface area (Å²) in [5.74, 6) is 0.279. The van der Waals surface area contributed by atoms with Gasteiger partial charge in [0.15, 0.2) is 11.5 Å². The minimum absolute atomic E-state index is 0.0250. The van der Waals surface area contributed by atoms with Crippen molar-refractivity contribution in [2.24, 2.45) is 29.6 Å². The maximum absolute atomic E-state index is 13.9. The summed E-state index contributed by atoms with van der Waals surface area (Å²) in [5, 5.41) is 2.04. The number of nitrogens with one attached hydrogen (secondary N) is 1. The van der Waals surface area contributed by atoms with Gasteiger partial charge in [-0.1, -0.05) is 64.9 Å². The van der Waals surface area contributed by atoms with Gasteiger partial charge in [0.2, 0.25) is 11.8 Å². The molecule has 2 aliphatic heterocycles. The topological polar surface area (TPSA) is 88.7 Å². The molecule has 6 unspecified atom stereocenters. The number of para-hydroxylation sites is 1. The van der Waals surface area contributed by atoms with Gasteiger partial charge < -0.3 is 14.5 Å². The normalized spacial score (nSPS) is 28.2. The summed E-state index contributed by atoms with van der Waals surface area (Å²) in [4.78, 5) is 45.7. The van der Waals surface area contributed by atoms with E-state index in [0.717, 1.165) is 27.5 Å². The molecule has 2 bridgehead atoms. The van der Waals surface area contributed by atoms with Crippen LogP contribution in [0.25, 0.3) is 0 Å². The molecule has 8 rings (SSSR count). The molecule has 4 aromatic rings. The van der Waals surface area contributed by atoms with E-state index in [4.69, 9.17) is 32.7 Å². The number of thiazole rings is 1. The summed E-state index contributed by atoms with van der Waals surface area (Å²) < 4.78 is 11.9. The summed E-state index contributed by atoms with van der Waals surface area (Å²) in [6.45, 7) is 0.237. The quantitative estimate of drug-likeness (QED) is 0.223. The van der Waals surface area contributed by atoms with Crippen LogP contribution in [-0.4, -0.2) is 29.2 Å². The smallest absolute Gasteiger partial charge is 0.305 e. The fourth-order valence-electron chi connectivity index (χ4n) is 8.01. The Morgan fingerprint density at radius 3 is 2.45 bits per heavy atom. The highest BCUT2D eigenvalue weighted by Gasteiger charge is 2.69. The molecule has 3 aromatic carbocycles. The van der Waals surface area contributed by atoms with Crippen LogP contribution in [0.1, 0.15) is 28.3 Å². The Hall–Kier alpha value is -3.24. The van der Waals surface area contributed by atoms with Gasteiger partial charge in [-0.05, 0) is 66.1 Å². The lowest BCUT2D eigenvalue weighted by Crippen LogP contribution is -2.42. The van der Waals surface area contributed by atoms with Gasteiger partial charge in [-0.3, -0.25) is 19.3 Å². The highest BCUT2D eigenvalue weighted by Crippen LogP contribution is 2.68. The van der Waals surface area contributed by atoms with Crippen LogP contribution in [0.4, 0.5) is 5.69 Å². The van der Waals surface area contributed by atoms with Crippen molar-refractivity contribution < 1.29 is 19.1 Å². The molecular formula is C33H26Cl2N2O5S2. The maximum Gasteiger partial charge on any atom is 0.305 e. The van der Waals surface area contributed by atoms with E-state index < -0.39 is 0 Å². The van der Waals surface area contributed by atoms with Crippen LogP contribution >= 0.6 is 46.3 Å². The van der Waals surface area contributed by atoms with Crippen molar-refractivity contribution in [1.29, 1.82) is 0 Å². The summed E-state index contributed by atoms with van der Waals surface area (Å²) in [6.07, 6.45) is 0.827. The second-order valence-electron chi connectivity index (χ2n) is 11.7. The molecule has 224 valence electrons. The zero-order chi connectivity index (χ0) is 30.3. The SMILES string of the molecule is COc1cc([C@H]2c3sc(=O)[nH]c3SC3C4CC(C5C(=O)N(c6ccccc6)C(=O)C45)C32)ccc1OCc1ccc(Cl)cc1Cl. The molecule has 0 radical (unpaired) electrons. The monoisotopic (exact) mass is 664 g/mol. The van der Waals surface area contributed by atoms with Gasteiger partial charge in [0.05, 0.1) is 29.7 Å². The summed E-state index contributed by atoms with van der Waals surface area (Å²) >= 11 is 15.3. The second-order valence-corrected chi connectivity index (χ2v) is 14.8. The molecule has 4 aliphatic rings. The molecule has 1 N–H and O–H groups in total. The highest BCUT2D eigenvalue weighted by atomic mass is 35.5. The summed E-state index contributed by atoms with van der Waals surface area (Å²) in [6, 6.07) is 20.4. The van der Waals surface area contributed by atoms with Gasteiger partial charge in [-0.15, -0.1) is 11.8 Å². The molecule has 1 saturated heterocycles. The predicted molar refractivity (Wildman–Crippen MR) is 171 cm³/mol. The van der Waals surface area contributed by atoms with E-state index in [-0.39, 0.29) is 64.1 Å². The lowest BCUT2D eigenvalue weighted by Gasteiger charge is -2.43. The Morgan fingerprint density at radius 2 is 1.70 bits per heavy atom. The lowest BCUT2D eigenvalue weighted by atomic mass is 9.68. The number of thioether (sulfide) groups is 1. The Morgan fingerprint density at radius 1 is 0.932 bits per heavy atom. The van der Waals surface area contributed by atoms with Crippen molar-refractivity contribution in [3.63, 3.8) is 0 Å². The largest absolute Gasteiger partial charge is 0.493 e. The first-order chi connectivity index (χ1) is 21.3. The van der Waals surface area contributed by atoms with Crippen molar-refractivity contribution in [3.8, 4) is 11.5 Å². The third-order valence-corrected chi connectivity index (χ3v) is 12.9. The second kappa shape index (κ2) is 10.7. The van der Waals surface area contributed by atoms with Crippen LogP contribution in [0, 0.1) is 29.6 Å². The Kier molecular flexibility index (Phi) is 6.86. The number of methoxy groups -OCH3 is 1. The van der Waals surface area contributed by atoms with Gasteiger partial charge in [0, 0.05) is 31.7 Å². The zero-order valence-electron chi connectivity index (χ0n) is 23.4. The number of imide groups is 1. The first-order valence-corrected chi connectivity index (χ1v) is 16.9. The highest BCUT2D eigenvalue weighted by molar-refractivity contribution is 8.00. The van der Waals surface area contributed by atoms with Gasteiger partial charge in [-0.2, -0.15) is 0 Å². The summed E-state index contributed by atoms with van der Waals surface area (Å²) in [5.41, 5.74) is 2.42. The van der Waals surface area contributed by atoms with E-state index >= 15 is 0 Å². The standard InChI is InChI=1S/C33H26Cl2N2O5S2/c1-41-23-11-15(8-10-22(23)42-14-16-7-9-17(34)12-21(16)35)24-25-19-13-20(28(25)43-30-29(24)44-33(40)36-30)27-26(19)31(38)37(32(27)39)18-5-3-2-4-6-18/h2-12,19-20,24-28H,13-14H2,1H3,(H,36,40)/t19?,20?,24-,25?,26?,27?,28?/m1/s1. The molecule has 2 aliphatic carbocycles. The van der Waals surface area contributed by atoms with E-state index in [1.807, 2.05) is 54.6 Å². The first kappa shape index (κ1) is 28.2. The first-order valence-electron chi connectivity index (χ1n) is 14.4. The van der Waals surface area contributed by atoms with Crippen LogP contribution < -0.4 is 19.2 Å². The molecule has 0 spiro atoms. The van der Waals surface area contributed by atoms with Crippen LogP contribution in [0.3, 0.4) is 0 Å². The molecule has 7 atom stereocenters. The maximum atomic E-state index is 13.9. The number of halogens is 2. The fourth-order valence-corrected chi connectivity index (χ4v) is 11.4. The molecule has 2 saturated carbocycles. The average Bonchev–Trinajstić information content (AvgIpc) is 3.76. The number of amides is 2. The van der Waals surface area contributed by atoms with E-state index in [1.54, 1.807) is 31.0 Å². The van der Waals surface area contributed by atoms with Gasteiger partial charge in [0.1, 0.15) is 6.61 Å². The van der Waals surface area contributed by atoms with E-state index in [0.29, 0.717) is 27.2 Å². The molecule has 7 nitrogen and oxygen atoms in total. The minimum Gasteiger partial charge on any atom is -0.493 e. The average molecular weight is 666 g/mol. The molecule has 11 heteroatoms. The molecular weight excluding hydrogens is 639 g/mol. The van der Waals surface area contributed by atoms with Crippen molar-refractivity contribution >= 4 is 63.8 Å². The number of ether oxygens (including phenoxy) is 2. The van der Waals surface area contributed by atoms with Crippen LogP contribution in [0.5, 0.6) is 11.5 Å². The van der Waals surface area contributed by atoms with Crippen molar-refractivity contribution in [3.05, 3.63) is 102 Å². The van der Waals surface area contributed by atoms with Crippen molar-refractivity contribution in [1.82, 2.24) is 4.98 Å². The number of aromatic nitrogens is 1. The fraction of sp³-hybridized carbons (Fsp3) is 0.303. The molecule has 3 heterocycles. The van der Waals surface area contributed by atoms with Crippen molar-refractivity contribution in [2.75, 3.05) is 12.0 Å². The number of carbonyl (C=O) groups excluding carboxylic acids is 2. The Bertz CT molecular complexity index is 1880. The van der Waals surface area contributed by atoms with Gasteiger partial charge >= 0.3 is 4.87 Å². The lowest BCUT2D eigenvalue weighted by molar-refractivity contribution is -0.123. The number of nitrogens with zero attached hydrogens (tertiary/aromatic N) is 1. The Balaban J connectivity index is 1.15. The molecule has 1 aromatic heterocycles. The van der Waals surface area contributed by atoms with Crippen molar-refractivity contribution in [2.45, 2.75) is 29.2 Å². The minimum atomic E-state index is -0.358. The number of benzene rings is 3. The van der Waals surface area contributed by atoms with Crippen LogP contribution in [0.15, 0.2) is 76.6 Å². The number of hydrogen-bond donors (Lipinski definition) is 1. The van der Waals surface area contributed by atoms with E-state index in [2.05, 4.69) is 4.98 Å². The number of H-pyrrole nitrogens is 1. The molecule has 44 heavy (non-hydrogen) atoms. The predicted octanol–water partition coefficient (Wildman–Crippen LogP) is 7.01. The van der Waals surface area contributed by atoms with Crippen LogP contribution in [0.2, 0.25) is 10.0 Å². The molecule has 3 fully saturated rings. The zero-order valence-corrected chi connectivity index (χ0v) is 26.5. The van der Waals surface area contributed by atoms with E-state index in [1.165, 1.54) is 16.2 Å². The van der Waals surface area contributed by atoms with Crippen LogP contribution in [-0.2, 0) is 16.2 Å². The number of rotatable bonds is 6. The number of fused-ring (bicyclic) bond motifs is 9. The number of carbonyl (C=O) groups is 2. The van der Waals surface area contributed by atoms with E-state index in [9.17, 15) is 14.4 Å². The third kappa shape index (κ3) is 4.27. The number of hydrogen-bond acceptors (Lipinski definition) is 7. The number of aromatic amines is 1. The van der Waals surface area contributed by atoms with Gasteiger partial charge in [-0.25, -0.2) is 0 Å². The third-order valence-electron chi connectivity index (χ3n) is 9.68. The molecule has 2 amide bonds. The van der Waals surface area contributed by atoms with Gasteiger partial charge in [0.25, 0.3) is 0 Å². The number of anilines is 1.